The molecule has 1 aliphatic rings. The molecule has 88 valence electrons. The number of nitrogens with zero attached hydrogens (tertiary/aromatic N) is 1. The van der Waals surface area contributed by atoms with Crippen LogP contribution in [0.3, 0.4) is 0 Å². The van der Waals surface area contributed by atoms with Crippen LogP contribution in [0.2, 0.25) is 5.02 Å². The molecule has 1 aromatic carbocycles. The minimum Gasteiger partial charge on any atom is -0.370 e. The van der Waals surface area contributed by atoms with E-state index in [1.54, 1.807) is 6.07 Å². The van der Waals surface area contributed by atoms with Crippen molar-refractivity contribution in [1.82, 2.24) is 0 Å². The summed E-state index contributed by atoms with van der Waals surface area (Å²) in [4.78, 5) is 2.18. The lowest BCUT2D eigenvalue weighted by Gasteiger charge is -2.37. The van der Waals surface area contributed by atoms with E-state index in [0.717, 1.165) is 25.2 Å². The molecular weight excluding hydrogens is 227 g/mol. The molecular formula is C12H16ClFN2. The molecule has 2 atom stereocenters. The Hall–Kier alpha value is -0.800. The molecule has 16 heavy (non-hydrogen) atoms. The fourth-order valence-corrected chi connectivity index (χ4v) is 2.41. The number of rotatable bonds is 1. The van der Waals surface area contributed by atoms with Crippen LogP contribution in [0.5, 0.6) is 0 Å². The third kappa shape index (κ3) is 2.30. The van der Waals surface area contributed by atoms with E-state index in [2.05, 4.69) is 11.8 Å². The van der Waals surface area contributed by atoms with Crippen LogP contribution in [0.25, 0.3) is 0 Å². The third-order valence-corrected chi connectivity index (χ3v) is 3.52. The average Bonchev–Trinajstić information content (AvgIpc) is 2.22. The van der Waals surface area contributed by atoms with Crippen LogP contribution in [0.4, 0.5) is 10.1 Å². The Labute approximate surface area is 100 Å². The van der Waals surface area contributed by atoms with Crippen molar-refractivity contribution in [3.05, 3.63) is 29.0 Å². The van der Waals surface area contributed by atoms with Gasteiger partial charge in [0.05, 0.1) is 10.7 Å². The lowest BCUT2D eigenvalue weighted by molar-refractivity contribution is 0.383. The van der Waals surface area contributed by atoms with Gasteiger partial charge in [-0.25, -0.2) is 4.39 Å². The number of halogens is 2. The van der Waals surface area contributed by atoms with E-state index < -0.39 is 0 Å². The van der Waals surface area contributed by atoms with Crippen molar-refractivity contribution >= 4 is 17.3 Å². The van der Waals surface area contributed by atoms with Gasteiger partial charge in [0.25, 0.3) is 0 Å². The van der Waals surface area contributed by atoms with E-state index in [1.807, 2.05) is 0 Å². The predicted octanol–water partition coefficient (Wildman–Crippen LogP) is 2.65. The van der Waals surface area contributed by atoms with Gasteiger partial charge in [-0.15, -0.1) is 0 Å². The molecule has 1 fully saturated rings. The van der Waals surface area contributed by atoms with E-state index in [1.165, 1.54) is 12.1 Å². The van der Waals surface area contributed by atoms with Crippen molar-refractivity contribution in [2.75, 3.05) is 18.0 Å². The molecule has 0 radical (unpaired) electrons. The first-order valence-electron chi connectivity index (χ1n) is 5.53. The Bertz CT molecular complexity index is 383. The normalized spacial score (nSPS) is 25.9. The molecule has 0 aromatic heterocycles. The van der Waals surface area contributed by atoms with Gasteiger partial charge in [0.15, 0.2) is 0 Å². The topological polar surface area (TPSA) is 29.3 Å². The minimum atomic E-state index is -0.296. The van der Waals surface area contributed by atoms with Gasteiger partial charge in [-0.1, -0.05) is 18.5 Å². The second kappa shape index (κ2) is 4.60. The molecule has 2 N–H and O–H groups in total. The summed E-state index contributed by atoms with van der Waals surface area (Å²) < 4.78 is 12.9. The van der Waals surface area contributed by atoms with Crippen molar-refractivity contribution in [3.8, 4) is 0 Å². The van der Waals surface area contributed by atoms with E-state index in [4.69, 9.17) is 17.3 Å². The van der Waals surface area contributed by atoms with Gasteiger partial charge in [-0.3, -0.25) is 0 Å². The van der Waals surface area contributed by atoms with E-state index in [-0.39, 0.29) is 11.9 Å². The number of piperidine rings is 1. The Kier molecular flexibility index (Phi) is 3.36. The molecule has 0 aliphatic carbocycles. The van der Waals surface area contributed by atoms with Gasteiger partial charge in [0.2, 0.25) is 0 Å². The van der Waals surface area contributed by atoms with Crippen LogP contribution in [0.1, 0.15) is 13.3 Å². The summed E-state index contributed by atoms with van der Waals surface area (Å²) in [5.41, 5.74) is 6.87. The summed E-state index contributed by atoms with van der Waals surface area (Å²) in [6, 6.07) is 4.80. The molecule has 2 rings (SSSR count). The number of anilines is 1. The van der Waals surface area contributed by atoms with Crippen LogP contribution in [-0.2, 0) is 0 Å². The summed E-state index contributed by atoms with van der Waals surface area (Å²) in [6.07, 6.45) is 0.953. The highest BCUT2D eigenvalue weighted by atomic mass is 35.5. The second-order valence-corrected chi connectivity index (χ2v) is 4.88. The first-order valence-corrected chi connectivity index (χ1v) is 5.91. The van der Waals surface area contributed by atoms with Crippen LogP contribution >= 0.6 is 11.6 Å². The van der Waals surface area contributed by atoms with Gasteiger partial charge in [-0.05, 0) is 30.5 Å². The summed E-state index contributed by atoms with van der Waals surface area (Å²) in [6.45, 7) is 3.90. The first-order chi connectivity index (χ1) is 7.58. The number of hydrogen-bond acceptors (Lipinski definition) is 2. The van der Waals surface area contributed by atoms with Gasteiger partial charge in [0.1, 0.15) is 5.82 Å². The van der Waals surface area contributed by atoms with Gasteiger partial charge < -0.3 is 10.6 Å². The lowest BCUT2D eigenvalue weighted by atomic mass is 9.94. The summed E-state index contributed by atoms with van der Waals surface area (Å²) in [5.74, 6) is 0.144. The van der Waals surface area contributed by atoms with Crippen molar-refractivity contribution in [2.45, 2.75) is 19.4 Å². The van der Waals surface area contributed by atoms with Crippen LogP contribution in [-0.4, -0.2) is 19.1 Å². The Morgan fingerprint density at radius 3 is 2.88 bits per heavy atom. The molecule has 1 heterocycles. The largest absolute Gasteiger partial charge is 0.370 e. The highest BCUT2D eigenvalue weighted by Crippen LogP contribution is 2.29. The molecule has 2 unspecified atom stereocenters. The monoisotopic (exact) mass is 242 g/mol. The number of hydrogen-bond donors (Lipinski definition) is 1. The molecule has 1 aromatic rings. The zero-order chi connectivity index (χ0) is 11.7. The Morgan fingerprint density at radius 1 is 1.50 bits per heavy atom. The lowest BCUT2D eigenvalue weighted by Crippen LogP contribution is -2.46. The SMILES string of the molecule is CC1CN(c2ccc(F)cc2Cl)CCC1N. The molecule has 0 bridgehead atoms. The smallest absolute Gasteiger partial charge is 0.124 e. The van der Waals surface area contributed by atoms with Gasteiger partial charge in [-0.2, -0.15) is 0 Å². The molecule has 0 amide bonds. The van der Waals surface area contributed by atoms with Gasteiger partial charge >= 0.3 is 0 Å². The first kappa shape index (κ1) is 11.7. The van der Waals surface area contributed by atoms with Crippen LogP contribution < -0.4 is 10.6 Å². The highest BCUT2D eigenvalue weighted by molar-refractivity contribution is 6.33. The van der Waals surface area contributed by atoms with Crippen molar-refractivity contribution in [1.29, 1.82) is 0 Å². The van der Waals surface area contributed by atoms with Crippen molar-refractivity contribution in [2.24, 2.45) is 11.7 Å². The van der Waals surface area contributed by atoms with E-state index in [9.17, 15) is 4.39 Å². The standard InChI is InChI=1S/C12H16ClFN2/c1-8-7-16(5-4-11(8)15)12-3-2-9(14)6-10(12)13/h2-3,6,8,11H,4-5,7,15H2,1H3. The number of benzene rings is 1. The Morgan fingerprint density at radius 2 is 2.25 bits per heavy atom. The second-order valence-electron chi connectivity index (χ2n) is 4.47. The van der Waals surface area contributed by atoms with E-state index in [0.29, 0.717) is 10.9 Å². The van der Waals surface area contributed by atoms with Crippen LogP contribution in [0, 0.1) is 11.7 Å². The minimum absolute atomic E-state index is 0.260. The van der Waals surface area contributed by atoms with E-state index >= 15 is 0 Å². The van der Waals surface area contributed by atoms with Crippen molar-refractivity contribution in [3.63, 3.8) is 0 Å². The zero-order valence-electron chi connectivity index (χ0n) is 9.29. The number of nitrogens with two attached hydrogens (primary N) is 1. The summed E-state index contributed by atoms with van der Waals surface area (Å²) in [7, 11) is 0. The zero-order valence-corrected chi connectivity index (χ0v) is 10.0. The molecule has 0 saturated carbocycles. The quantitative estimate of drug-likeness (QED) is 0.821. The maximum absolute atomic E-state index is 12.9. The van der Waals surface area contributed by atoms with Gasteiger partial charge in [0, 0.05) is 19.1 Å². The fourth-order valence-electron chi connectivity index (χ4n) is 2.12. The third-order valence-electron chi connectivity index (χ3n) is 3.22. The fraction of sp³-hybridized carbons (Fsp3) is 0.500. The Balaban J connectivity index is 2.18. The summed E-state index contributed by atoms with van der Waals surface area (Å²) >= 11 is 6.03. The van der Waals surface area contributed by atoms with Crippen LogP contribution in [0.15, 0.2) is 18.2 Å². The molecule has 1 saturated heterocycles. The molecule has 4 heteroatoms. The molecule has 0 spiro atoms. The highest BCUT2D eigenvalue weighted by Gasteiger charge is 2.24. The summed E-state index contributed by atoms with van der Waals surface area (Å²) in [5, 5.41) is 0.475. The predicted molar refractivity (Wildman–Crippen MR) is 65.4 cm³/mol. The maximum atomic E-state index is 12.9. The van der Waals surface area contributed by atoms with Crippen molar-refractivity contribution < 1.29 is 4.39 Å². The molecule has 2 nitrogen and oxygen atoms in total. The molecule has 1 aliphatic heterocycles. The maximum Gasteiger partial charge on any atom is 0.124 e. The average molecular weight is 243 g/mol.